The Bertz CT molecular complexity index is 1090. The zero-order chi connectivity index (χ0) is 23.6. The number of nitrogens with one attached hydrogen (secondary N) is 1. The van der Waals surface area contributed by atoms with Gasteiger partial charge in [0.2, 0.25) is 0 Å². The van der Waals surface area contributed by atoms with Crippen LogP contribution in [0.25, 0.3) is 0 Å². The quantitative estimate of drug-likeness (QED) is 0.508. The van der Waals surface area contributed by atoms with Crippen LogP contribution in [0.5, 0.6) is 0 Å². The molecule has 0 bridgehead atoms. The van der Waals surface area contributed by atoms with Crippen molar-refractivity contribution in [1.29, 1.82) is 0 Å². The molecule has 2 heterocycles. The van der Waals surface area contributed by atoms with Gasteiger partial charge in [0.05, 0.1) is 16.6 Å². The van der Waals surface area contributed by atoms with Crippen LogP contribution in [-0.4, -0.2) is 45.0 Å². The van der Waals surface area contributed by atoms with Crippen molar-refractivity contribution < 1.29 is 13.9 Å². The van der Waals surface area contributed by atoms with E-state index >= 15 is 0 Å². The van der Waals surface area contributed by atoms with Gasteiger partial charge in [-0.2, -0.15) is 5.10 Å². The number of aliphatic hydroxyl groups is 1. The molecule has 1 aliphatic rings. The molecule has 1 aromatic heterocycles. The number of halogens is 4. The lowest BCUT2D eigenvalue weighted by Crippen LogP contribution is -2.55. The van der Waals surface area contributed by atoms with Gasteiger partial charge in [0, 0.05) is 42.5 Å². The molecule has 1 saturated heterocycles. The normalized spacial score (nSPS) is 17.7. The zero-order valence-electron chi connectivity index (χ0n) is 18.1. The Balaban J connectivity index is 1.48. The molecule has 0 spiro atoms. The fraction of sp³-hybridized carbons (Fsp3) is 0.391. The van der Waals surface area contributed by atoms with E-state index in [1.165, 1.54) is 23.4 Å². The Morgan fingerprint density at radius 3 is 2.55 bits per heavy atom. The molecule has 2 atom stereocenters. The van der Waals surface area contributed by atoms with E-state index < -0.39 is 23.3 Å². The second-order valence-electron chi connectivity index (χ2n) is 8.39. The number of rotatable bonds is 7. The van der Waals surface area contributed by atoms with Gasteiger partial charge in [-0.1, -0.05) is 29.3 Å². The van der Waals surface area contributed by atoms with Crippen molar-refractivity contribution in [1.82, 2.24) is 20.1 Å². The third kappa shape index (κ3) is 5.30. The molecule has 1 aliphatic heterocycles. The molecule has 0 amide bonds. The van der Waals surface area contributed by atoms with E-state index in [-0.39, 0.29) is 18.2 Å². The number of hydrogen-bond donors (Lipinski definition) is 2. The summed E-state index contributed by atoms with van der Waals surface area (Å²) in [5, 5.41) is 20.2. The lowest BCUT2D eigenvalue weighted by atomic mass is 9.85. The van der Waals surface area contributed by atoms with E-state index in [0.29, 0.717) is 10.0 Å². The van der Waals surface area contributed by atoms with Gasteiger partial charge in [-0.15, -0.1) is 0 Å². The van der Waals surface area contributed by atoms with Crippen LogP contribution in [0.4, 0.5) is 14.5 Å². The molecule has 10 heteroatoms. The Labute approximate surface area is 201 Å². The molecular weight excluding hydrogens is 471 g/mol. The molecule has 33 heavy (non-hydrogen) atoms. The average molecular weight is 496 g/mol. The van der Waals surface area contributed by atoms with Gasteiger partial charge < -0.3 is 15.3 Å². The molecule has 0 unspecified atom stereocenters. The van der Waals surface area contributed by atoms with Crippen LogP contribution in [0.15, 0.2) is 49.1 Å². The lowest BCUT2D eigenvalue weighted by molar-refractivity contribution is -0.0242. The molecule has 3 aromatic rings. The Morgan fingerprint density at radius 1 is 1.15 bits per heavy atom. The fourth-order valence-corrected chi connectivity index (χ4v) is 4.63. The van der Waals surface area contributed by atoms with Crippen LogP contribution in [0.2, 0.25) is 10.0 Å². The number of aromatic nitrogens is 3. The second-order valence-corrected chi connectivity index (χ2v) is 9.20. The third-order valence-electron chi connectivity index (χ3n) is 6.23. The first-order valence-electron chi connectivity index (χ1n) is 10.7. The highest BCUT2D eigenvalue weighted by Gasteiger charge is 2.40. The molecule has 4 rings (SSSR count). The van der Waals surface area contributed by atoms with Crippen molar-refractivity contribution in [3.8, 4) is 0 Å². The summed E-state index contributed by atoms with van der Waals surface area (Å²) in [5.41, 5.74) is -0.661. The van der Waals surface area contributed by atoms with Crippen molar-refractivity contribution in [2.75, 3.05) is 18.0 Å². The Kier molecular flexibility index (Phi) is 7.19. The molecular formula is C23H25Cl2F2N5O. The topological polar surface area (TPSA) is 66.2 Å². The highest BCUT2D eigenvalue weighted by Crippen LogP contribution is 2.32. The maximum atomic E-state index is 14.7. The number of hydrogen-bond acceptors (Lipinski definition) is 5. The Hall–Kier alpha value is -2.26. The van der Waals surface area contributed by atoms with Gasteiger partial charge in [0.15, 0.2) is 0 Å². The maximum Gasteiger partial charge on any atom is 0.137 e. The van der Waals surface area contributed by atoms with Gasteiger partial charge in [-0.05, 0) is 44.0 Å². The number of piperidine rings is 1. The Morgan fingerprint density at radius 2 is 1.91 bits per heavy atom. The average Bonchev–Trinajstić information content (AvgIpc) is 3.29. The predicted molar refractivity (Wildman–Crippen MR) is 125 cm³/mol. The first-order chi connectivity index (χ1) is 15.8. The standard InChI is InChI=1S/C23H25Cl2F2N5O/c1-15(30-17-6-8-31(9-7-17)18-3-5-20(24)21(25)11-18)23(33,12-32-14-28-13-29-32)19-4-2-16(26)10-22(19)27/h2-5,10-11,13-15,17,30,33H,6-9,12H2,1H3/t15-,23-/m1/s1. The molecule has 0 saturated carbocycles. The minimum atomic E-state index is -1.67. The first kappa shape index (κ1) is 23.9. The molecule has 0 aliphatic carbocycles. The molecule has 2 aromatic carbocycles. The summed E-state index contributed by atoms with van der Waals surface area (Å²) in [6, 6.07) is 8.34. The summed E-state index contributed by atoms with van der Waals surface area (Å²) in [6.07, 6.45) is 4.43. The van der Waals surface area contributed by atoms with Gasteiger partial charge in [-0.25, -0.2) is 18.4 Å². The van der Waals surface area contributed by atoms with Gasteiger partial charge in [0.25, 0.3) is 0 Å². The van der Waals surface area contributed by atoms with Crippen molar-refractivity contribution in [3.05, 3.63) is 76.3 Å². The van der Waals surface area contributed by atoms with E-state index in [0.717, 1.165) is 43.8 Å². The highest BCUT2D eigenvalue weighted by molar-refractivity contribution is 6.42. The molecule has 176 valence electrons. The van der Waals surface area contributed by atoms with E-state index in [1.807, 2.05) is 12.1 Å². The van der Waals surface area contributed by atoms with Gasteiger partial charge >= 0.3 is 0 Å². The number of nitrogens with zero attached hydrogens (tertiary/aromatic N) is 4. The monoisotopic (exact) mass is 495 g/mol. The van der Waals surface area contributed by atoms with Crippen molar-refractivity contribution >= 4 is 28.9 Å². The third-order valence-corrected chi connectivity index (χ3v) is 6.97. The van der Waals surface area contributed by atoms with E-state index in [1.54, 1.807) is 13.0 Å². The van der Waals surface area contributed by atoms with Crippen molar-refractivity contribution in [3.63, 3.8) is 0 Å². The summed E-state index contributed by atoms with van der Waals surface area (Å²) in [7, 11) is 0. The summed E-state index contributed by atoms with van der Waals surface area (Å²) in [4.78, 5) is 6.13. The van der Waals surface area contributed by atoms with Crippen LogP contribution in [0.3, 0.4) is 0 Å². The van der Waals surface area contributed by atoms with Crippen LogP contribution >= 0.6 is 23.2 Å². The van der Waals surface area contributed by atoms with Crippen molar-refractivity contribution in [2.45, 2.75) is 44.0 Å². The lowest BCUT2D eigenvalue weighted by Gasteiger charge is -2.40. The van der Waals surface area contributed by atoms with Gasteiger partial charge in [-0.3, -0.25) is 0 Å². The summed E-state index contributed by atoms with van der Waals surface area (Å²) < 4.78 is 29.7. The minimum Gasteiger partial charge on any atom is -0.381 e. The van der Waals surface area contributed by atoms with E-state index in [4.69, 9.17) is 23.2 Å². The summed E-state index contributed by atoms with van der Waals surface area (Å²) >= 11 is 12.2. The first-order valence-corrected chi connectivity index (χ1v) is 11.5. The molecule has 1 fully saturated rings. The predicted octanol–water partition coefficient (Wildman–Crippen LogP) is 4.40. The number of benzene rings is 2. The van der Waals surface area contributed by atoms with E-state index in [2.05, 4.69) is 20.3 Å². The molecule has 6 nitrogen and oxygen atoms in total. The SMILES string of the molecule is C[C@@H](NC1CCN(c2ccc(Cl)c(Cl)c2)CC1)[C@](O)(Cn1cncn1)c1ccc(F)cc1F. The highest BCUT2D eigenvalue weighted by atomic mass is 35.5. The summed E-state index contributed by atoms with van der Waals surface area (Å²) in [6.45, 7) is 3.33. The largest absolute Gasteiger partial charge is 0.381 e. The smallest absolute Gasteiger partial charge is 0.137 e. The number of anilines is 1. The van der Waals surface area contributed by atoms with Crippen LogP contribution in [0.1, 0.15) is 25.3 Å². The summed E-state index contributed by atoms with van der Waals surface area (Å²) in [5.74, 6) is -1.50. The fourth-order valence-electron chi connectivity index (χ4n) is 4.33. The zero-order valence-corrected chi connectivity index (χ0v) is 19.6. The molecule has 0 radical (unpaired) electrons. The van der Waals surface area contributed by atoms with Gasteiger partial charge in [0.1, 0.15) is 29.9 Å². The molecule has 2 N–H and O–H groups in total. The van der Waals surface area contributed by atoms with Crippen LogP contribution in [-0.2, 0) is 12.1 Å². The van der Waals surface area contributed by atoms with Crippen LogP contribution < -0.4 is 10.2 Å². The van der Waals surface area contributed by atoms with Crippen molar-refractivity contribution in [2.24, 2.45) is 0 Å². The maximum absolute atomic E-state index is 14.7. The van der Waals surface area contributed by atoms with E-state index in [9.17, 15) is 13.9 Å². The second kappa shape index (κ2) is 9.93. The van der Waals surface area contributed by atoms with Crippen LogP contribution in [0, 0.1) is 11.6 Å². The minimum absolute atomic E-state index is 0.00708.